The smallest absolute Gasteiger partial charge is 0.335 e. The van der Waals surface area contributed by atoms with Crippen LogP contribution in [0.15, 0.2) is 22.8 Å². The maximum atomic E-state index is 12.2. The molecule has 0 radical (unpaired) electrons. The summed E-state index contributed by atoms with van der Waals surface area (Å²) in [5.74, 6) is -2.73. The molecule has 3 rings (SSSR count). The Kier molecular flexibility index (Phi) is 4.33. The highest BCUT2D eigenvalue weighted by Gasteiger charge is 2.45. The van der Waals surface area contributed by atoms with E-state index in [1.807, 2.05) is 0 Å². The topological polar surface area (TPSA) is 134 Å². The van der Waals surface area contributed by atoms with Crippen molar-refractivity contribution in [3.63, 3.8) is 0 Å². The molecule has 134 valence electrons. The molecule has 5 amide bonds. The molecule has 2 fully saturated rings. The first-order valence-electron chi connectivity index (χ1n) is 7.46. The van der Waals surface area contributed by atoms with Gasteiger partial charge in [-0.3, -0.25) is 14.4 Å². The Morgan fingerprint density at radius 3 is 2.56 bits per heavy atom. The maximum Gasteiger partial charge on any atom is 0.335 e. The van der Waals surface area contributed by atoms with Crippen LogP contribution >= 0.6 is 0 Å². The summed E-state index contributed by atoms with van der Waals surface area (Å²) in [6, 6.07) is 1.64. The van der Waals surface area contributed by atoms with Gasteiger partial charge in [-0.25, -0.2) is 23.0 Å². The van der Waals surface area contributed by atoms with Crippen LogP contribution in [0.25, 0.3) is 0 Å². The van der Waals surface area contributed by atoms with Crippen LogP contribution in [-0.2, 0) is 30.8 Å². The molecule has 25 heavy (non-hydrogen) atoms. The number of hydrogen-bond donors (Lipinski definition) is 1. The van der Waals surface area contributed by atoms with Crippen LogP contribution < -0.4 is 5.32 Å². The number of carbonyl (C=O) groups excluding carboxylic acids is 4. The van der Waals surface area contributed by atoms with Gasteiger partial charge >= 0.3 is 17.8 Å². The number of sulfone groups is 1. The number of rotatable bonds is 5. The molecule has 11 heteroatoms. The van der Waals surface area contributed by atoms with Crippen molar-refractivity contribution in [3.05, 3.63) is 24.2 Å². The summed E-state index contributed by atoms with van der Waals surface area (Å²) in [5, 5.41) is 2.47. The van der Waals surface area contributed by atoms with Crippen molar-refractivity contribution < 1.29 is 32.0 Å². The third-order valence-electron chi connectivity index (χ3n) is 3.93. The predicted molar refractivity (Wildman–Crippen MR) is 81.6 cm³/mol. The molecule has 0 unspecified atom stereocenters. The predicted octanol–water partition coefficient (Wildman–Crippen LogP) is -1.13. The fourth-order valence-corrected chi connectivity index (χ4v) is 4.39. The van der Waals surface area contributed by atoms with Crippen molar-refractivity contribution in [1.82, 2.24) is 15.1 Å². The third-order valence-corrected chi connectivity index (χ3v) is 5.70. The summed E-state index contributed by atoms with van der Waals surface area (Å²) in [4.78, 5) is 49.3. The number of carbonyl (C=O) groups is 4. The largest absolute Gasteiger partial charge is 0.467 e. The van der Waals surface area contributed by atoms with Crippen LogP contribution in [0.5, 0.6) is 0 Å². The average Bonchev–Trinajstić information content (AvgIpc) is 3.21. The van der Waals surface area contributed by atoms with Crippen LogP contribution in [0.2, 0.25) is 0 Å². The molecule has 1 aromatic rings. The number of amides is 5. The standard InChI is InChI=1S/C14H15N3O7S/c18-11(15-9-3-5-25(22,23)8-9)7-17-13(20)12(19)16(14(17)21)6-10-2-1-4-24-10/h1-2,4,9H,3,5-8H2,(H,15,18)/t9-/m1/s1. The van der Waals surface area contributed by atoms with Crippen molar-refractivity contribution in [2.24, 2.45) is 0 Å². The van der Waals surface area contributed by atoms with E-state index in [4.69, 9.17) is 4.42 Å². The first kappa shape index (κ1) is 17.1. The molecule has 3 heterocycles. The van der Waals surface area contributed by atoms with Crippen molar-refractivity contribution >= 4 is 33.6 Å². The lowest BCUT2D eigenvalue weighted by molar-refractivity contribution is -0.144. The SMILES string of the molecule is O=C(CN1C(=O)C(=O)N(Cc2ccco2)C1=O)N[C@@H]1CCS(=O)(=O)C1. The van der Waals surface area contributed by atoms with Crippen molar-refractivity contribution in [2.45, 2.75) is 19.0 Å². The van der Waals surface area contributed by atoms with Crippen LogP contribution in [0.3, 0.4) is 0 Å². The van der Waals surface area contributed by atoms with E-state index in [9.17, 15) is 27.6 Å². The molecule has 0 aliphatic carbocycles. The van der Waals surface area contributed by atoms with Crippen molar-refractivity contribution in [3.8, 4) is 0 Å². The normalized spacial score (nSPS) is 22.7. The summed E-state index contributed by atoms with van der Waals surface area (Å²) in [6.07, 6.45) is 1.64. The van der Waals surface area contributed by atoms with E-state index in [1.165, 1.54) is 6.26 Å². The highest BCUT2D eigenvalue weighted by molar-refractivity contribution is 7.91. The fourth-order valence-electron chi connectivity index (χ4n) is 2.71. The second-order valence-electron chi connectivity index (χ2n) is 5.81. The van der Waals surface area contributed by atoms with Gasteiger partial charge in [-0.2, -0.15) is 0 Å². The Morgan fingerprint density at radius 2 is 1.96 bits per heavy atom. The monoisotopic (exact) mass is 369 g/mol. The molecule has 0 bridgehead atoms. The van der Waals surface area contributed by atoms with Gasteiger partial charge in [0.2, 0.25) is 5.91 Å². The number of furan rings is 1. The zero-order valence-electron chi connectivity index (χ0n) is 13.0. The number of imide groups is 2. The highest BCUT2D eigenvalue weighted by atomic mass is 32.2. The molecule has 1 atom stereocenters. The number of urea groups is 1. The van der Waals surface area contributed by atoms with Gasteiger partial charge in [-0.15, -0.1) is 0 Å². The summed E-state index contributed by atoms with van der Waals surface area (Å²) >= 11 is 0. The summed E-state index contributed by atoms with van der Waals surface area (Å²) in [7, 11) is -3.17. The minimum Gasteiger partial charge on any atom is -0.467 e. The average molecular weight is 369 g/mol. The first-order valence-corrected chi connectivity index (χ1v) is 9.28. The molecule has 0 aromatic carbocycles. The van der Waals surface area contributed by atoms with Crippen LogP contribution in [-0.4, -0.2) is 66.1 Å². The molecule has 0 saturated carbocycles. The Hall–Kier alpha value is -2.69. The van der Waals surface area contributed by atoms with Gasteiger partial charge in [0.1, 0.15) is 12.3 Å². The van der Waals surface area contributed by atoms with Crippen LogP contribution in [0.4, 0.5) is 4.79 Å². The van der Waals surface area contributed by atoms with E-state index in [-0.39, 0.29) is 24.5 Å². The quantitative estimate of drug-likeness (QED) is 0.513. The van der Waals surface area contributed by atoms with E-state index in [0.29, 0.717) is 15.6 Å². The molecule has 0 spiro atoms. The summed E-state index contributed by atoms with van der Waals surface area (Å²) in [6.45, 7) is -0.857. The molecule has 2 saturated heterocycles. The van der Waals surface area contributed by atoms with Crippen LogP contribution in [0.1, 0.15) is 12.2 Å². The lowest BCUT2D eigenvalue weighted by atomic mass is 10.2. The van der Waals surface area contributed by atoms with E-state index in [2.05, 4.69) is 5.32 Å². The minimum atomic E-state index is -3.17. The molecular formula is C14H15N3O7S. The molecule has 1 N–H and O–H groups in total. The van der Waals surface area contributed by atoms with Gasteiger partial charge in [-0.05, 0) is 18.6 Å². The third kappa shape index (κ3) is 3.55. The van der Waals surface area contributed by atoms with Gasteiger partial charge in [0.15, 0.2) is 9.84 Å². The Bertz CT molecular complexity index is 831. The van der Waals surface area contributed by atoms with E-state index in [0.717, 1.165) is 0 Å². The summed E-state index contributed by atoms with van der Waals surface area (Å²) in [5.41, 5.74) is 0. The zero-order chi connectivity index (χ0) is 18.2. The lowest BCUT2D eigenvalue weighted by Gasteiger charge is -2.16. The molecule has 2 aliphatic heterocycles. The molecule has 1 aromatic heterocycles. The van der Waals surface area contributed by atoms with Crippen LogP contribution in [0, 0.1) is 0 Å². The zero-order valence-corrected chi connectivity index (χ0v) is 13.8. The van der Waals surface area contributed by atoms with Gasteiger partial charge in [0, 0.05) is 6.04 Å². The first-order chi connectivity index (χ1) is 11.8. The lowest BCUT2D eigenvalue weighted by Crippen LogP contribution is -2.45. The van der Waals surface area contributed by atoms with E-state index >= 15 is 0 Å². The van der Waals surface area contributed by atoms with Crippen molar-refractivity contribution in [2.75, 3.05) is 18.1 Å². The van der Waals surface area contributed by atoms with E-state index < -0.39 is 46.2 Å². The van der Waals surface area contributed by atoms with E-state index in [1.54, 1.807) is 12.1 Å². The van der Waals surface area contributed by atoms with Crippen molar-refractivity contribution in [1.29, 1.82) is 0 Å². The minimum absolute atomic E-state index is 0.0189. The summed E-state index contributed by atoms with van der Waals surface area (Å²) < 4.78 is 27.8. The second-order valence-corrected chi connectivity index (χ2v) is 8.04. The Balaban J connectivity index is 1.62. The Labute approximate surface area is 142 Å². The molecule has 10 nitrogen and oxygen atoms in total. The Morgan fingerprint density at radius 1 is 1.24 bits per heavy atom. The molecular weight excluding hydrogens is 354 g/mol. The number of hydrogen-bond acceptors (Lipinski definition) is 7. The maximum absolute atomic E-state index is 12.2. The number of nitrogens with zero attached hydrogens (tertiary/aromatic N) is 2. The van der Waals surface area contributed by atoms with Gasteiger partial charge in [0.05, 0.1) is 24.3 Å². The van der Waals surface area contributed by atoms with Gasteiger partial charge in [0.25, 0.3) is 0 Å². The van der Waals surface area contributed by atoms with Gasteiger partial charge < -0.3 is 9.73 Å². The second kappa shape index (κ2) is 6.31. The highest BCUT2D eigenvalue weighted by Crippen LogP contribution is 2.16. The number of nitrogens with one attached hydrogen (secondary N) is 1. The van der Waals surface area contributed by atoms with Gasteiger partial charge in [-0.1, -0.05) is 0 Å². The molecule has 2 aliphatic rings. The fraction of sp³-hybridized carbons (Fsp3) is 0.429.